The van der Waals surface area contributed by atoms with Crippen LogP contribution in [0, 0.1) is 6.92 Å². The number of hydrogen-bond donors (Lipinski definition) is 3. The molecule has 2 amide bonds. The minimum absolute atomic E-state index is 0.107. The molecule has 0 bridgehead atoms. The first-order valence-electron chi connectivity index (χ1n) is 9.79. The Morgan fingerprint density at radius 1 is 0.867 bits per heavy atom. The molecule has 3 N–H and O–H groups in total. The van der Waals surface area contributed by atoms with Gasteiger partial charge in [0.2, 0.25) is 5.91 Å². The third-order valence-electron chi connectivity index (χ3n) is 4.34. The van der Waals surface area contributed by atoms with Crippen molar-refractivity contribution in [2.45, 2.75) is 13.8 Å². The van der Waals surface area contributed by atoms with Crippen LogP contribution in [0.25, 0.3) is 0 Å². The highest BCUT2D eigenvalue weighted by atomic mass is 16.5. The number of para-hydroxylation sites is 2. The van der Waals surface area contributed by atoms with Gasteiger partial charge >= 0.3 is 0 Å². The molecule has 0 aliphatic rings. The van der Waals surface area contributed by atoms with Crippen LogP contribution in [0.4, 0.5) is 17.1 Å². The summed E-state index contributed by atoms with van der Waals surface area (Å²) in [4.78, 5) is 24.6. The molecule has 0 saturated carbocycles. The molecule has 0 aliphatic carbocycles. The van der Waals surface area contributed by atoms with Gasteiger partial charge in [-0.05, 0) is 62.4 Å². The van der Waals surface area contributed by atoms with Gasteiger partial charge in [-0.2, -0.15) is 0 Å². The topological polar surface area (TPSA) is 79.5 Å². The second kappa shape index (κ2) is 10.1. The quantitative estimate of drug-likeness (QED) is 0.509. The normalized spacial score (nSPS) is 10.2. The molecule has 0 aromatic heterocycles. The van der Waals surface area contributed by atoms with E-state index in [4.69, 9.17) is 4.74 Å². The fraction of sp³-hybridized carbons (Fsp3) is 0.167. The molecule has 0 heterocycles. The third-order valence-corrected chi connectivity index (χ3v) is 4.34. The van der Waals surface area contributed by atoms with Gasteiger partial charge in [-0.3, -0.25) is 9.59 Å². The zero-order valence-corrected chi connectivity index (χ0v) is 17.1. The summed E-state index contributed by atoms with van der Waals surface area (Å²) >= 11 is 0. The van der Waals surface area contributed by atoms with Gasteiger partial charge in [0.1, 0.15) is 5.75 Å². The van der Waals surface area contributed by atoms with Crippen LogP contribution >= 0.6 is 0 Å². The van der Waals surface area contributed by atoms with Crippen molar-refractivity contribution in [3.63, 3.8) is 0 Å². The van der Waals surface area contributed by atoms with Gasteiger partial charge in [-0.25, -0.2) is 0 Å². The van der Waals surface area contributed by atoms with Crippen molar-refractivity contribution in [3.05, 3.63) is 83.9 Å². The Morgan fingerprint density at radius 3 is 2.33 bits per heavy atom. The fourth-order valence-electron chi connectivity index (χ4n) is 2.89. The number of carbonyl (C=O) groups is 2. The smallest absolute Gasteiger partial charge is 0.255 e. The standard InChI is InChI=1S/C24H25N3O3/c1-3-30-22-10-5-4-9-21(22)27-23(28)16-25-19-11-13-20(14-12-19)26-24(29)18-8-6-7-17(2)15-18/h4-15,25H,3,16H2,1-2H3,(H,26,29)(H,27,28). The molecule has 0 atom stereocenters. The number of rotatable bonds is 8. The maximum atomic E-state index is 12.3. The van der Waals surface area contributed by atoms with Crippen LogP contribution in [0.5, 0.6) is 5.75 Å². The van der Waals surface area contributed by atoms with Gasteiger partial charge in [-0.1, -0.05) is 29.8 Å². The minimum atomic E-state index is -0.182. The molecule has 0 spiro atoms. The summed E-state index contributed by atoms with van der Waals surface area (Å²) < 4.78 is 5.51. The van der Waals surface area contributed by atoms with Crippen LogP contribution in [0.3, 0.4) is 0 Å². The Bertz CT molecular complexity index is 1020. The van der Waals surface area contributed by atoms with Crippen LogP contribution in [0.15, 0.2) is 72.8 Å². The molecular formula is C24H25N3O3. The average molecular weight is 403 g/mol. The predicted molar refractivity (Wildman–Crippen MR) is 120 cm³/mol. The summed E-state index contributed by atoms with van der Waals surface area (Å²) in [6.07, 6.45) is 0. The van der Waals surface area contributed by atoms with E-state index in [-0.39, 0.29) is 18.4 Å². The second-order valence-corrected chi connectivity index (χ2v) is 6.73. The Kier molecular flexibility index (Phi) is 7.05. The molecule has 0 saturated heterocycles. The van der Waals surface area contributed by atoms with E-state index in [0.29, 0.717) is 29.3 Å². The molecule has 6 heteroatoms. The number of hydrogen-bond acceptors (Lipinski definition) is 4. The molecule has 0 aliphatic heterocycles. The van der Waals surface area contributed by atoms with Gasteiger partial charge < -0.3 is 20.7 Å². The Hall–Kier alpha value is -3.80. The van der Waals surface area contributed by atoms with Crippen molar-refractivity contribution in [3.8, 4) is 5.75 Å². The van der Waals surface area contributed by atoms with Gasteiger partial charge in [0.15, 0.2) is 0 Å². The van der Waals surface area contributed by atoms with E-state index in [1.54, 1.807) is 24.3 Å². The lowest BCUT2D eigenvalue weighted by molar-refractivity contribution is -0.114. The largest absolute Gasteiger partial charge is 0.492 e. The zero-order valence-electron chi connectivity index (χ0n) is 17.1. The number of carbonyl (C=O) groups excluding carboxylic acids is 2. The lowest BCUT2D eigenvalue weighted by Gasteiger charge is -2.12. The molecule has 154 valence electrons. The summed E-state index contributed by atoms with van der Waals surface area (Å²) in [7, 11) is 0. The first-order chi connectivity index (χ1) is 14.5. The number of benzene rings is 3. The molecule has 3 aromatic rings. The summed E-state index contributed by atoms with van der Waals surface area (Å²) in [6.45, 7) is 4.48. The van der Waals surface area contributed by atoms with Crippen molar-refractivity contribution >= 4 is 28.9 Å². The first-order valence-corrected chi connectivity index (χ1v) is 9.79. The SMILES string of the molecule is CCOc1ccccc1NC(=O)CNc1ccc(NC(=O)c2cccc(C)c2)cc1. The number of amides is 2. The van der Waals surface area contributed by atoms with Crippen LogP contribution in [-0.2, 0) is 4.79 Å². The second-order valence-electron chi connectivity index (χ2n) is 6.73. The summed E-state index contributed by atoms with van der Waals surface area (Å²) in [5.74, 6) is 0.299. The molecule has 3 aromatic carbocycles. The Morgan fingerprint density at radius 2 is 1.60 bits per heavy atom. The zero-order chi connectivity index (χ0) is 21.3. The molecule has 0 unspecified atom stereocenters. The summed E-state index contributed by atoms with van der Waals surface area (Å²) in [5.41, 5.74) is 3.74. The van der Waals surface area contributed by atoms with Crippen LogP contribution < -0.4 is 20.7 Å². The van der Waals surface area contributed by atoms with Crippen molar-refractivity contribution < 1.29 is 14.3 Å². The fourth-order valence-corrected chi connectivity index (χ4v) is 2.89. The number of ether oxygens (including phenoxy) is 1. The maximum Gasteiger partial charge on any atom is 0.255 e. The Labute approximate surface area is 176 Å². The highest BCUT2D eigenvalue weighted by Gasteiger charge is 2.08. The minimum Gasteiger partial charge on any atom is -0.492 e. The highest BCUT2D eigenvalue weighted by molar-refractivity contribution is 6.04. The average Bonchev–Trinajstić information content (AvgIpc) is 2.75. The number of nitrogens with one attached hydrogen (secondary N) is 3. The van der Waals surface area contributed by atoms with E-state index in [9.17, 15) is 9.59 Å². The van der Waals surface area contributed by atoms with Crippen molar-refractivity contribution in [1.82, 2.24) is 0 Å². The molecule has 6 nitrogen and oxygen atoms in total. The van der Waals surface area contributed by atoms with E-state index in [1.807, 2.05) is 62.4 Å². The van der Waals surface area contributed by atoms with Crippen LogP contribution in [0.1, 0.15) is 22.8 Å². The molecule has 3 rings (SSSR count). The monoisotopic (exact) mass is 403 g/mol. The summed E-state index contributed by atoms with van der Waals surface area (Å²) in [5, 5.41) is 8.78. The Balaban J connectivity index is 1.52. The third kappa shape index (κ3) is 5.85. The number of anilines is 3. The van der Waals surface area contributed by atoms with E-state index >= 15 is 0 Å². The molecular weight excluding hydrogens is 378 g/mol. The van der Waals surface area contributed by atoms with Gasteiger partial charge in [-0.15, -0.1) is 0 Å². The van der Waals surface area contributed by atoms with Gasteiger partial charge in [0.25, 0.3) is 5.91 Å². The lowest BCUT2D eigenvalue weighted by atomic mass is 10.1. The molecule has 0 radical (unpaired) electrons. The van der Waals surface area contributed by atoms with E-state index in [0.717, 1.165) is 11.3 Å². The van der Waals surface area contributed by atoms with Crippen LogP contribution in [0.2, 0.25) is 0 Å². The van der Waals surface area contributed by atoms with Gasteiger partial charge in [0.05, 0.1) is 18.8 Å². The summed E-state index contributed by atoms with van der Waals surface area (Å²) in [6, 6.07) is 21.9. The number of aryl methyl sites for hydroxylation is 1. The molecule has 30 heavy (non-hydrogen) atoms. The van der Waals surface area contributed by atoms with Crippen molar-refractivity contribution in [2.24, 2.45) is 0 Å². The van der Waals surface area contributed by atoms with Crippen molar-refractivity contribution in [1.29, 1.82) is 0 Å². The first kappa shape index (κ1) is 20.9. The van der Waals surface area contributed by atoms with E-state index in [1.165, 1.54) is 0 Å². The highest BCUT2D eigenvalue weighted by Crippen LogP contribution is 2.23. The van der Waals surface area contributed by atoms with Crippen LogP contribution in [-0.4, -0.2) is 25.0 Å². The predicted octanol–water partition coefficient (Wildman–Crippen LogP) is 4.70. The van der Waals surface area contributed by atoms with E-state index < -0.39 is 0 Å². The van der Waals surface area contributed by atoms with Gasteiger partial charge in [0, 0.05) is 16.9 Å². The van der Waals surface area contributed by atoms with Crippen molar-refractivity contribution in [2.75, 3.05) is 29.1 Å². The molecule has 0 fully saturated rings. The maximum absolute atomic E-state index is 12.3. The lowest BCUT2D eigenvalue weighted by Crippen LogP contribution is -2.22. The van der Waals surface area contributed by atoms with E-state index in [2.05, 4.69) is 16.0 Å².